The minimum absolute atomic E-state index is 0.113. The molecule has 0 aromatic heterocycles. The van der Waals surface area contributed by atoms with E-state index in [1.807, 2.05) is 0 Å². The molecule has 0 saturated carbocycles. The van der Waals surface area contributed by atoms with Crippen molar-refractivity contribution in [2.75, 3.05) is 38.2 Å². The molecule has 0 N–H and O–H groups in total. The summed E-state index contributed by atoms with van der Waals surface area (Å²) in [4.78, 5) is 27.2. The van der Waals surface area contributed by atoms with Gasteiger partial charge in [0.05, 0.1) is 23.3 Å². The van der Waals surface area contributed by atoms with Gasteiger partial charge in [-0.25, -0.2) is 4.79 Å². The van der Waals surface area contributed by atoms with E-state index in [1.54, 1.807) is 6.07 Å². The van der Waals surface area contributed by atoms with Crippen LogP contribution in [0.2, 0.25) is 0 Å². The Hall–Kier alpha value is -2.93. The van der Waals surface area contributed by atoms with Crippen LogP contribution in [0, 0.1) is 10.1 Å². The van der Waals surface area contributed by atoms with Gasteiger partial charge in [-0.3, -0.25) is 15.0 Å². The van der Waals surface area contributed by atoms with Crippen LogP contribution in [-0.2, 0) is 11.3 Å². The van der Waals surface area contributed by atoms with Gasteiger partial charge >= 0.3 is 5.97 Å². The number of ether oxygens (including phenoxy) is 1. The molecule has 0 spiro atoms. The maximum Gasteiger partial charge on any atom is 0.340 e. The highest BCUT2D eigenvalue weighted by atomic mass is 16.6. The normalized spacial score (nSPS) is 14.8. The molecule has 1 aliphatic heterocycles. The molecule has 0 amide bonds. The van der Waals surface area contributed by atoms with Gasteiger partial charge in [-0.2, -0.15) is 0 Å². The lowest BCUT2D eigenvalue weighted by Crippen LogP contribution is -2.46. The number of anilines is 1. The largest absolute Gasteiger partial charge is 0.465 e. The molecule has 0 atom stereocenters. The van der Waals surface area contributed by atoms with Gasteiger partial charge in [0.1, 0.15) is 0 Å². The zero-order chi connectivity index (χ0) is 21.0. The van der Waals surface area contributed by atoms with Crippen LogP contribution >= 0.6 is 0 Å². The van der Waals surface area contributed by atoms with E-state index in [4.69, 9.17) is 4.74 Å². The minimum atomic E-state index is -0.559. The third-order valence-corrected chi connectivity index (χ3v) is 5.36. The molecular formula is C22H27N3O4. The van der Waals surface area contributed by atoms with Crippen LogP contribution in [0.25, 0.3) is 0 Å². The Kier molecular flexibility index (Phi) is 6.49. The predicted molar refractivity (Wildman–Crippen MR) is 112 cm³/mol. The lowest BCUT2D eigenvalue weighted by Gasteiger charge is -2.36. The van der Waals surface area contributed by atoms with Crippen molar-refractivity contribution in [2.45, 2.75) is 26.3 Å². The monoisotopic (exact) mass is 397 g/mol. The van der Waals surface area contributed by atoms with E-state index in [0.29, 0.717) is 11.6 Å². The molecule has 2 aromatic carbocycles. The Morgan fingerprint density at radius 3 is 2.31 bits per heavy atom. The smallest absolute Gasteiger partial charge is 0.340 e. The van der Waals surface area contributed by atoms with E-state index in [2.05, 4.69) is 47.9 Å². The summed E-state index contributed by atoms with van der Waals surface area (Å²) in [6, 6.07) is 13.1. The second-order valence-corrected chi connectivity index (χ2v) is 7.61. The van der Waals surface area contributed by atoms with E-state index in [-0.39, 0.29) is 11.3 Å². The fraction of sp³-hybridized carbons (Fsp3) is 0.409. The fourth-order valence-electron chi connectivity index (χ4n) is 3.60. The van der Waals surface area contributed by atoms with Gasteiger partial charge in [0, 0.05) is 44.9 Å². The number of nitrogens with zero attached hydrogens (tertiary/aromatic N) is 3. The van der Waals surface area contributed by atoms with Crippen molar-refractivity contribution in [1.29, 1.82) is 0 Å². The molecule has 0 bridgehead atoms. The highest BCUT2D eigenvalue weighted by Gasteiger charge is 2.24. The molecule has 3 rings (SSSR count). The fourth-order valence-corrected chi connectivity index (χ4v) is 3.60. The quantitative estimate of drug-likeness (QED) is 0.419. The number of esters is 1. The molecule has 0 unspecified atom stereocenters. The summed E-state index contributed by atoms with van der Waals surface area (Å²) in [6.45, 7) is 8.45. The van der Waals surface area contributed by atoms with Gasteiger partial charge in [-0.15, -0.1) is 0 Å². The highest BCUT2D eigenvalue weighted by Crippen LogP contribution is 2.27. The van der Waals surface area contributed by atoms with Gasteiger partial charge in [0.15, 0.2) is 0 Å². The van der Waals surface area contributed by atoms with Gasteiger partial charge in [0.25, 0.3) is 5.69 Å². The number of benzene rings is 2. The third kappa shape index (κ3) is 4.92. The standard InChI is InChI=1S/C22H27N3O4/c1-16(2)18-6-4-17(5-7-18)15-23-10-12-24(13-11-23)21-9-8-19(25(27)28)14-20(21)22(26)29-3/h4-9,14,16H,10-13,15H2,1-3H3. The molecule has 1 fully saturated rings. The molecule has 1 saturated heterocycles. The average molecular weight is 397 g/mol. The van der Waals surface area contributed by atoms with E-state index >= 15 is 0 Å². The van der Waals surface area contributed by atoms with Crippen molar-refractivity contribution in [1.82, 2.24) is 4.90 Å². The van der Waals surface area contributed by atoms with Crippen LogP contribution in [0.15, 0.2) is 42.5 Å². The highest BCUT2D eigenvalue weighted by molar-refractivity contribution is 5.96. The van der Waals surface area contributed by atoms with Crippen LogP contribution in [-0.4, -0.2) is 49.1 Å². The molecule has 0 aliphatic carbocycles. The van der Waals surface area contributed by atoms with Crippen molar-refractivity contribution < 1.29 is 14.5 Å². The van der Waals surface area contributed by atoms with Crippen LogP contribution in [0.1, 0.15) is 41.3 Å². The summed E-state index contributed by atoms with van der Waals surface area (Å²) in [5.41, 5.74) is 3.43. The minimum Gasteiger partial charge on any atom is -0.465 e. The first-order valence-corrected chi connectivity index (χ1v) is 9.82. The van der Waals surface area contributed by atoms with Gasteiger partial charge in [-0.05, 0) is 23.1 Å². The van der Waals surface area contributed by atoms with Crippen LogP contribution in [0.3, 0.4) is 0 Å². The lowest BCUT2D eigenvalue weighted by atomic mass is 10.0. The van der Waals surface area contributed by atoms with Gasteiger partial charge in [-0.1, -0.05) is 38.1 Å². The Morgan fingerprint density at radius 1 is 1.10 bits per heavy atom. The molecule has 2 aromatic rings. The second-order valence-electron chi connectivity index (χ2n) is 7.61. The average Bonchev–Trinajstić information content (AvgIpc) is 2.73. The Bertz CT molecular complexity index is 872. The summed E-state index contributed by atoms with van der Waals surface area (Å²) >= 11 is 0. The van der Waals surface area contributed by atoms with Gasteiger partial charge in [0.2, 0.25) is 0 Å². The zero-order valence-corrected chi connectivity index (χ0v) is 17.1. The molecule has 7 nitrogen and oxygen atoms in total. The van der Waals surface area contributed by atoms with E-state index < -0.39 is 10.9 Å². The SMILES string of the molecule is COC(=O)c1cc([N+](=O)[O-])ccc1N1CCN(Cc2ccc(C(C)C)cc2)CC1. The lowest BCUT2D eigenvalue weighted by molar-refractivity contribution is -0.384. The van der Waals surface area contributed by atoms with E-state index in [0.717, 1.165) is 32.7 Å². The summed E-state index contributed by atoms with van der Waals surface area (Å²) in [6.07, 6.45) is 0. The van der Waals surface area contributed by atoms with Crippen LogP contribution in [0.4, 0.5) is 11.4 Å². The molecule has 1 aliphatic rings. The van der Waals surface area contributed by atoms with Gasteiger partial charge < -0.3 is 9.64 Å². The molecule has 0 radical (unpaired) electrons. The zero-order valence-electron chi connectivity index (χ0n) is 17.1. The summed E-state index contributed by atoms with van der Waals surface area (Å²) in [7, 11) is 1.29. The molecular weight excluding hydrogens is 370 g/mol. The number of hydrogen-bond acceptors (Lipinski definition) is 6. The summed E-state index contributed by atoms with van der Waals surface area (Å²) < 4.78 is 4.83. The number of carbonyl (C=O) groups excluding carboxylic acids is 1. The third-order valence-electron chi connectivity index (χ3n) is 5.36. The first-order chi connectivity index (χ1) is 13.9. The summed E-state index contributed by atoms with van der Waals surface area (Å²) in [5.74, 6) is -0.0327. The molecule has 1 heterocycles. The molecule has 154 valence electrons. The van der Waals surface area contributed by atoms with Crippen molar-refractivity contribution in [2.24, 2.45) is 0 Å². The summed E-state index contributed by atoms with van der Waals surface area (Å²) in [5, 5.41) is 11.1. The van der Waals surface area contributed by atoms with Crippen molar-refractivity contribution in [3.63, 3.8) is 0 Å². The number of nitro benzene ring substituents is 1. The number of carbonyl (C=O) groups is 1. The van der Waals surface area contributed by atoms with E-state index in [9.17, 15) is 14.9 Å². The number of non-ortho nitro benzene ring substituents is 1. The Labute approximate surface area is 171 Å². The van der Waals surface area contributed by atoms with Crippen molar-refractivity contribution in [3.8, 4) is 0 Å². The number of piperazine rings is 1. The Morgan fingerprint density at radius 2 is 1.76 bits per heavy atom. The van der Waals surface area contributed by atoms with Crippen molar-refractivity contribution >= 4 is 17.3 Å². The van der Waals surface area contributed by atoms with Crippen LogP contribution in [0.5, 0.6) is 0 Å². The van der Waals surface area contributed by atoms with E-state index in [1.165, 1.54) is 30.4 Å². The molecule has 7 heteroatoms. The van der Waals surface area contributed by atoms with Crippen molar-refractivity contribution in [3.05, 3.63) is 69.3 Å². The number of methoxy groups -OCH3 is 1. The second kappa shape index (κ2) is 9.05. The Balaban J connectivity index is 1.67. The number of nitro groups is 1. The molecule has 29 heavy (non-hydrogen) atoms. The first-order valence-electron chi connectivity index (χ1n) is 9.82. The maximum absolute atomic E-state index is 12.2. The topological polar surface area (TPSA) is 75.9 Å². The first kappa shape index (κ1) is 20.8. The predicted octanol–water partition coefficient (Wildman–Crippen LogP) is 3.83. The number of rotatable bonds is 6. The maximum atomic E-state index is 12.2. The van der Waals surface area contributed by atoms with Crippen LogP contribution < -0.4 is 4.90 Å². The number of hydrogen-bond donors (Lipinski definition) is 0.